The molecule has 5 rings (SSSR count). The van der Waals surface area contributed by atoms with E-state index in [2.05, 4.69) is 42.4 Å². The molecular weight excluding hydrogens is 871 g/mol. The van der Waals surface area contributed by atoms with Gasteiger partial charge in [-0.1, -0.05) is 20.8 Å². The molecule has 0 saturated carbocycles. The van der Waals surface area contributed by atoms with E-state index in [0.29, 0.717) is 51.7 Å². The van der Waals surface area contributed by atoms with Gasteiger partial charge in [-0.3, -0.25) is 14.7 Å². The molecule has 386 valence electrons. The summed E-state index contributed by atoms with van der Waals surface area (Å²) in [6.45, 7) is 30.8. The lowest BCUT2D eigenvalue weighted by Crippen LogP contribution is -2.62. The number of nitrogens with zero attached hydrogens (tertiary/aromatic N) is 3. The van der Waals surface area contributed by atoms with Crippen LogP contribution in [0.1, 0.15) is 149 Å². The molecule has 1 spiro atoms. The second kappa shape index (κ2) is 19.7. The number of likely N-dealkylation sites (tertiary alicyclic amines) is 3. The molecule has 0 aromatic rings. The Morgan fingerprint density at radius 1 is 0.567 bits per heavy atom. The molecule has 5 saturated heterocycles. The van der Waals surface area contributed by atoms with Crippen molar-refractivity contribution in [3.05, 3.63) is 0 Å². The van der Waals surface area contributed by atoms with Crippen molar-refractivity contribution in [1.82, 2.24) is 14.7 Å². The molecule has 5 heterocycles. The van der Waals surface area contributed by atoms with Gasteiger partial charge in [0.1, 0.15) is 31.7 Å². The van der Waals surface area contributed by atoms with Crippen LogP contribution in [0.2, 0.25) is 0 Å². The van der Waals surface area contributed by atoms with Gasteiger partial charge in [0, 0.05) is 77.2 Å². The number of piperidine rings is 3. The first kappa shape index (κ1) is 54.9. The van der Waals surface area contributed by atoms with Gasteiger partial charge in [0.05, 0.1) is 31.8 Å². The van der Waals surface area contributed by atoms with E-state index < -0.39 is 93.9 Å². The Kier molecular flexibility index (Phi) is 16.1. The molecule has 67 heavy (non-hydrogen) atoms. The maximum absolute atomic E-state index is 15.1. The standard InChI is InChI=1S/C49H85N3O15/c1-19-35(65-38(54)62-32-20-42(4,5)50(16)43(6,7)21-32)49(66-39(55)63-33-22-44(8,9)51(17)45(10,11)23-33,67-40(56)64-34-24-46(12,13)52(18)47(14,15)25-34)36(53)59-26-41(2,3)37-60-29-48(30-61-37)27-57-31-58-28-48/h32-35,37H,19-31H2,1-18H3. The van der Waals surface area contributed by atoms with Gasteiger partial charge in [-0.25, -0.2) is 19.2 Å². The van der Waals surface area contributed by atoms with Gasteiger partial charge in [-0.2, -0.15) is 0 Å². The topological polar surface area (TPSA) is 180 Å². The van der Waals surface area contributed by atoms with Gasteiger partial charge < -0.3 is 52.1 Å². The van der Waals surface area contributed by atoms with Gasteiger partial charge in [0.15, 0.2) is 12.4 Å². The van der Waals surface area contributed by atoms with E-state index in [0.717, 1.165) is 0 Å². The van der Waals surface area contributed by atoms with Crippen LogP contribution in [0.25, 0.3) is 0 Å². The van der Waals surface area contributed by atoms with Crippen LogP contribution in [0, 0.1) is 10.8 Å². The minimum atomic E-state index is -3.09. The third-order valence-corrected chi connectivity index (χ3v) is 15.7. The van der Waals surface area contributed by atoms with Crippen molar-refractivity contribution >= 4 is 24.4 Å². The number of carbonyl (C=O) groups excluding carboxylic acids is 4. The minimum Gasteiger partial charge on any atom is -0.459 e. The number of carbonyl (C=O) groups is 4. The third kappa shape index (κ3) is 12.5. The Morgan fingerprint density at radius 2 is 0.910 bits per heavy atom. The molecular formula is C49H85N3O15. The summed E-state index contributed by atoms with van der Waals surface area (Å²) in [5, 5.41) is 0. The van der Waals surface area contributed by atoms with Gasteiger partial charge in [-0.05, 0) is 111 Å². The largest absolute Gasteiger partial charge is 0.512 e. The number of hydrogen-bond acceptors (Lipinski definition) is 18. The first-order chi connectivity index (χ1) is 30.6. The van der Waals surface area contributed by atoms with Crippen molar-refractivity contribution in [2.24, 2.45) is 10.8 Å². The molecule has 5 fully saturated rings. The van der Waals surface area contributed by atoms with Crippen molar-refractivity contribution < 1.29 is 71.3 Å². The predicted octanol–water partition coefficient (Wildman–Crippen LogP) is 7.81. The average Bonchev–Trinajstić information content (AvgIpc) is 3.18. The van der Waals surface area contributed by atoms with Crippen molar-refractivity contribution in [3.63, 3.8) is 0 Å². The number of hydrogen-bond donors (Lipinski definition) is 0. The molecule has 18 nitrogen and oxygen atoms in total. The SMILES string of the molecule is CCC(OC(=O)OC1CC(C)(C)N(C)C(C)(C)C1)C(OC(=O)OC1CC(C)(C)N(C)C(C)(C)C1)(OC(=O)OC1CC(C)(C)N(C)C(C)(C)C1)C(=O)OCC(C)(C)C1OCC2(COCOC2)CO1. The predicted molar refractivity (Wildman–Crippen MR) is 246 cm³/mol. The Morgan fingerprint density at radius 3 is 1.25 bits per heavy atom. The number of ether oxygens (including phenoxy) is 11. The fraction of sp³-hybridized carbons (Fsp3) is 0.918. The minimum absolute atomic E-state index is 0.191. The van der Waals surface area contributed by atoms with E-state index in [4.69, 9.17) is 52.1 Å². The summed E-state index contributed by atoms with van der Waals surface area (Å²) in [4.78, 5) is 64.6. The molecule has 0 bridgehead atoms. The Bertz CT molecular complexity index is 1650. The van der Waals surface area contributed by atoms with Crippen LogP contribution in [0.4, 0.5) is 14.4 Å². The van der Waals surface area contributed by atoms with E-state index in [1.807, 2.05) is 76.5 Å². The van der Waals surface area contributed by atoms with E-state index in [9.17, 15) is 14.4 Å². The van der Waals surface area contributed by atoms with E-state index in [1.54, 1.807) is 20.8 Å². The van der Waals surface area contributed by atoms with Crippen LogP contribution in [0.15, 0.2) is 0 Å². The second-order valence-corrected chi connectivity index (χ2v) is 24.5. The van der Waals surface area contributed by atoms with E-state index in [-0.39, 0.29) is 44.1 Å². The highest BCUT2D eigenvalue weighted by Gasteiger charge is 2.60. The Balaban J connectivity index is 1.49. The zero-order valence-electron chi connectivity index (χ0n) is 44.0. The lowest BCUT2D eigenvalue weighted by atomic mass is 9.79. The van der Waals surface area contributed by atoms with Crippen molar-refractivity contribution in [1.29, 1.82) is 0 Å². The summed E-state index contributed by atoms with van der Waals surface area (Å²) in [7, 11) is 6.05. The van der Waals surface area contributed by atoms with E-state index in [1.165, 1.54) is 0 Å². The number of rotatable bonds is 12. The Hall–Kier alpha value is -3.00. The van der Waals surface area contributed by atoms with Crippen LogP contribution < -0.4 is 0 Å². The lowest BCUT2D eigenvalue weighted by molar-refractivity contribution is -0.309. The lowest BCUT2D eigenvalue weighted by Gasteiger charge is -2.53. The molecule has 0 amide bonds. The molecule has 0 aromatic heterocycles. The fourth-order valence-electron chi connectivity index (χ4n) is 11.0. The highest BCUT2D eigenvalue weighted by atomic mass is 16.9. The fourth-order valence-corrected chi connectivity index (χ4v) is 11.0. The number of esters is 1. The van der Waals surface area contributed by atoms with Crippen LogP contribution in [-0.4, -0.2) is 170 Å². The van der Waals surface area contributed by atoms with Crippen molar-refractivity contribution in [3.8, 4) is 0 Å². The maximum atomic E-state index is 15.1. The highest BCUT2D eigenvalue weighted by molar-refractivity contribution is 5.84. The summed E-state index contributed by atoms with van der Waals surface area (Å²) in [5.41, 5.74) is -3.83. The molecule has 0 N–H and O–H groups in total. The smallest absolute Gasteiger partial charge is 0.459 e. The van der Waals surface area contributed by atoms with Gasteiger partial charge in [0.2, 0.25) is 0 Å². The van der Waals surface area contributed by atoms with Crippen molar-refractivity contribution in [2.45, 2.75) is 219 Å². The molecule has 18 heteroatoms. The van der Waals surface area contributed by atoms with Gasteiger partial charge in [-0.15, -0.1) is 0 Å². The summed E-state index contributed by atoms with van der Waals surface area (Å²) < 4.78 is 65.5. The van der Waals surface area contributed by atoms with Crippen LogP contribution >= 0.6 is 0 Å². The zero-order chi connectivity index (χ0) is 50.4. The van der Waals surface area contributed by atoms with E-state index >= 15 is 4.79 Å². The average molecular weight is 956 g/mol. The molecule has 0 radical (unpaired) electrons. The Labute approximate surface area is 399 Å². The first-order valence-corrected chi connectivity index (χ1v) is 24.1. The van der Waals surface area contributed by atoms with Gasteiger partial charge >= 0.3 is 30.2 Å². The quantitative estimate of drug-likeness (QED) is 0.105. The maximum Gasteiger partial charge on any atom is 0.512 e. The first-order valence-electron chi connectivity index (χ1n) is 24.1. The van der Waals surface area contributed by atoms with Crippen molar-refractivity contribution in [2.75, 3.05) is 61.0 Å². The van der Waals surface area contributed by atoms with Crippen LogP contribution in [0.3, 0.4) is 0 Å². The second-order valence-electron chi connectivity index (χ2n) is 24.5. The monoisotopic (exact) mass is 956 g/mol. The molecule has 0 aliphatic carbocycles. The van der Waals surface area contributed by atoms with Crippen LogP contribution in [0.5, 0.6) is 0 Å². The summed E-state index contributed by atoms with van der Waals surface area (Å²) in [6, 6.07) is 0. The molecule has 1 unspecified atom stereocenters. The molecule has 1 atom stereocenters. The zero-order valence-corrected chi connectivity index (χ0v) is 44.0. The van der Waals surface area contributed by atoms with Crippen LogP contribution in [-0.2, 0) is 56.9 Å². The van der Waals surface area contributed by atoms with Gasteiger partial charge in [0.25, 0.3) is 0 Å². The molecule has 5 aliphatic heterocycles. The normalized spacial score (nSPS) is 26.5. The summed E-state index contributed by atoms with van der Waals surface area (Å²) >= 11 is 0. The highest BCUT2D eigenvalue weighted by Crippen LogP contribution is 2.43. The molecule has 5 aliphatic rings. The molecule has 0 aromatic carbocycles. The summed E-state index contributed by atoms with van der Waals surface area (Å²) in [6.07, 6.45) is -6.05. The third-order valence-electron chi connectivity index (χ3n) is 15.7. The summed E-state index contributed by atoms with van der Waals surface area (Å²) in [5.74, 6) is -4.45.